The van der Waals surface area contributed by atoms with Crippen LogP contribution in [0, 0.1) is 5.82 Å². The van der Waals surface area contributed by atoms with Crippen LogP contribution in [0.2, 0.25) is 0 Å². The Labute approximate surface area is 117 Å². The third-order valence-corrected chi connectivity index (χ3v) is 4.59. The number of nitrogens with two attached hydrogens (primary N) is 1. The number of anilines is 2. The van der Waals surface area contributed by atoms with Crippen LogP contribution < -0.4 is 10.5 Å². The van der Waals surface area contributed by atoms with Crippen LogP contribution in [0.25, 0.3) is 0 Å². The van der Waals surface area contributed by atoms with E-state index >= 15 is 0 Å². The lowest BCUT2D eigenvalue weighted by molar-refractivity contribution is 0.599. The van der Waals surface area contributed by atoms with Crippen molar-refractivity contribution in [3.63, 3.8) is 0 Å². The van der Waals surface area contributed by atoms with Crippen molar-refractivity contribution in [3.8, 4) is 0 Å². The topological polar surface area (TPSA) is 85.1 Å². The summed E-state index contributed by atoms with van der Waals surface area (Å²) >= 11 is 3.00. The Morgan fingerprint density at radius 3 is 2.74 bits per heavy atom. The van der Waals surface area contributed by atoms with E-state index in [4.69, 9.17) is 5.73 Å². The molecule has 2 aromatic rings. The van der Waals surface area contributed by atoms with E-state index in [1.165, 1.54) is 12.4 Å². The van der Waals surface area contributed by atoms with Crippen LogP contribution in [-0.4, -0.2) is 13.4 Å². The monoisotopic (exact) mass is 345 g/mol. The lowest BCUT2D eigenvalue weighted by atomic mass is 10.3. The molecule has 0 radical (unpaired) electrons. The molecule has 19 heavy (non-hydrogen) atoms. The second-order valence-electron chi connectivity index (χ2n) is 3.65. The second-order valence-corrected chi connectivity index (χ2v) is 6.16. The van der Waals surface area contributed by atoms with E-state index in [0.717, 1.165) is 12.1 Å². The van der Waals surface area contributed by atoms with Gasteiger partial charge in [0.2, 0.25) is 0 Å². The summed E-state index contributed by atoms with van der Waals surface area (Å²) in [6.07, 6.45) is 2.88. The minimum atomic E-state index is -3.87. The van der Waals surface area contributed by atoms with E-state index in [1.807, 2.05) is 0 Å². The minimum Gasteiger partial charge on any atom is -0.396 e. The van der Waals surface area contributed by atoms with Crippen molar-refractivity contribution in [3.05, 3.63) is 46.9 Å². The number of sulfonamides is 1. The van der Waals surface area contributed by atoms with Gasteiger partial charge in [0, 0.05) is 10.7 Å². The fraction of sp³-hybridized carbons (Fsp3) is 0. The molecule has 2 rings (SSSR count). The van der Waals surface area contributed by atoms with E-state index in [2.05, 4.69) is 25.6 Å². The van der Waals surface area contributed by atoms with Crippen molar-refractivity contribution in [2.45, 2.75) is 4.90 Å². The zero-order valence-corrected chi connectivity index (χ0v) is 11.9. The van der Waals surface area contributed by atoms with Gasteiger partial charge in [-0.05, 0) is 40.2 Å². The number of nitrogens with zero attached hydrogens (tertiary/aromatic N) is 1. The van der Waals surface area contributed by atoms with E-state index in [9.17, 15) is 12.8 Å². The molecule has 0 atom stereocenters. The van der Waals surface area contributed by atoms with Crippen LogP contribution in [0.5, 0.6) is 0 Å². The number of aromatic nitrogens is 1. The molecule has 0 saturated carbocycles. The fourth-order valence-corrected chi connectivity index (χ4v) is 3.48. The highest BCUT2D eigenvalue weighted by Gasteiger charge is 2.20. The number of hydrogen-bond acceptors (Lipinski definition) is 4. The summed E-state index contributed by atoms with van der Waals surface area (Å²) < 4.78 is 39.9. The Kier molecular flexibility index (Phi) is 3.72. The molecule has 0 aliphatic heterocycles. The van der Waals surface area contributed by atoms with Gasteiger partial charge in [-0.15, -0.1) is 0 Å². The third kappa shape index (κ3) is 3.02. The SMILES string of the molecule is Nc1cc(S(=O)(=O)Nc2cccnc2)c(Br)cc1F. The molecule has 1 aromatic heterocycles. The summed E-state index contributed by atoms with van der Waals surface area (Å²) in [5.74, 6) is -0.688. The van der Waals surface area contributed by atoms with Crippen LogP contribution in [0.15, 0.2) is 46.0 Å². The summed E-state index contributed by atoms with van der Waals surface area (Å²) in [5.41, 5.74) is 5.44. The van der Waals surface area contributed by atoms with E-state index in [0.29, 0.717) is 5.69 Å². The molecule has 1 heterocycles. The Balaban J connectivity index is 2.43. The van der Waals surface area contributed by atoms with E-state index in [1.54, 1.807) is 12.1 Å². The first-order valence-corrected chi connectivity index (χ1v) is 7.35. The fourth-order valence-electron chi connectivity index (χ4n) is 1.38. The number of halogens is 2. The largest absolute Gasteiger partial charge is 0.396 e. The molecule has 8 heteroatoms. The van der Waals surface area contributed by atoms with Crippen LogP contribution in [0.3, 0.4) is 0 Å². The number of hydrogen-bond donors (Lipinski definition) is 2. The maximum atomic E-state index is 13.2. The normalized spacial score (nSPS) is 11.3. The van der Waals surface area contributed by atoms with Crippen molar-refractivity contribution in [1.29, 1.82) is 0 Å². The molecular formula is C11H9BrFN3O2S. The van der Waals surface area contributed by atoms with Gasteiger partial charge in [-0.25, -0.2) is 12.8 Å². The molecule has 100 valence electrons. The van der Waals surface area contributed by atoms with Gasteiger partial charge in [-0.2, -0.15) is 0 Å². The molecule has 0 fully saturated rings. The maximum Gasteiger partial charge on any atom is 0.263 e. The molecule has 5 nitrogen and oxygen atoms in total. The van der Waals surface area contributed by atoms with Crippen molar-refractivity contribution in [2.24, 2.45) is 0 Å². The van der Waals surface area contributed by atoms with Crippen molar-refractivity contribution in [1.82, 2.24) is 4.98 Å². The Morgan fingerprint density at radius 2 is 2.11 bits per heavy atom. The molecule has 0 bridgehead atoms. The zero-order chi connectivity index (χ0) is 14.0. The van der Waals surface area contributed by atoms with Gasteiger partial charge < -0.3 is 5.73 Å². The first-order valence-electron chi connectivity index (χ1n) is 5.07. The van der Waals surface area contributed by atoms with Crippen molar-refractivity contribution >= 4 is 37.3 Å². The van der Waals surface area contributed by atoms with Gasteiger partial charge in [0.15, 0.2) is 0 Å². The molecule has 0 unspecified atom stereocenters. The number of pyridine rings is 1. The maximum absolute atomic E-state index is 13.2. The second kappa shape index (κ2) is 5.14. The molecule has 0 aliphatic rings. The molecule has 3 N–H and O–H groups in total. The van der Waals surface area contributed by atoms with Crippen molar-refractivity contribution in [2.75, 3.05) is 10.5 Å². The van der Waals surface area contributed by atoms with Gasteiger partial charge in [0.25, 0.3) is 10.0 Å². The summed E-state index contributed by atoms with van der Waals surface area (Å²) in [7, 11) is -3.87. The summed E-state index contributed by atoms with van der Waals surface area (Å²) in [4.78, 5) is 3.65. The van der Waals surface area contributed by atoms with Gasteiger partial charge >= 0.3 is 0 Å². The predicted octanol–water partition coefficient (Wildman–Crippen LogP) is 2.37. The summed E-state index contributed by atoms with van der Waals surface area (Å²) in [6, 6.07) is 5.20. The number of rotatable bonds is 3. The summed E-state index contributed by atoms with van der Waals surface area (Å²) in [6.45, 7) is 0. The predicted molar refractivity (Wildman–Crippen MR) is 73.6 cm³/mol. The van der Waals surface area contributed by atoms with Gasteiger partial charge in [-0.1, -0.05) is 0 Å². The standard InChI is InChI=1S/C11H9BrFN3O2S/c12-8-4-9(13)10(14)5-11(8)19(17,18)16-7-2-1-3-15-6-7/h1-6,16H,14H2. The van der Waals surface area contributed by atoms with E-state index < -0.39 is 15.8 Å². The Bertz CT molecular complexity index is 707. The molecular weight excluding hydrogens is 337 g/mol. The Morgan fingerprint density at radius 1 is 1.37 bits per heavy atom. The molecule has 1 aromatic carbocycles. The van der Waals surface area contributed by atoms with E-state index in [-0.39, 0.29) is 15.1 Å². The lowest BCUT2D eigenvalue weighted by Gasteiger charge is -2.10. The molecule has 0 aliphatic carbocycles. The van der Waals surface area contributed by atoms with Crippen LogP contribution in [-0.2, 0) is 10.0 Å². The van der Waals surface area contributed by atoms with Crippen LogP contribution in [0.4, 0.5) is 15.8 Å². The summed E-state index contributed by atoms with van der Waals surface area (Å²) in [5, 5.41) is 0. The minimum absolute atomic E-state index is 0.0931. The molecule has 0 amide bonds. The highest BCUT2D eigenvalue weighted by molar-refractivity contribution is 9.10. The Hall–Kier alpha value is -1.67. The number of benzene rings is 1. The van der Waals surface area contributed by atoms with Crippen LogP contribution in [0.1, 0.15) is 0 Å². The van der Waals surface area contributed by atoms with Crippen molar-refractivity contribution < 1.29 is 12.8 Å². The average Bonchev–Trinajstić information content (AvgIpc) is 2.34. The lowest BCUT2D eigenvalue weighted by Crippen LogP contribution is -2.14. The number of nitrogens with one attached hydrogen (secondary N) is 1. The highest BCUT2D eigenvalue weighted by atomic mass is 79.9. The number of nitrogen functional groups attached to an aromatic ring is 1. The third-order valence-electron chi connectivity index (χ3n) is 2.25. The van der Waals surface area contributed by atoms with Gasteiger partial charge in [0.1, 0.15) is 10.7 Å². The average molecular weight is 346 g/mol. The van der Waals surface area contributed by atoms with Crippen LogP contribution >= 0.6 is 15.9 Å². The quantitative estimate of drug-likeness (QED) is 0.836. The molecule has 0 saturated heterocycles. The van der Waals surface area contributed by atoms with Gasteiger partial charge in [-0.3, -0.25) is 9.71 Å². The smallest absolute Gasteiger partial charge is 0.263 e. The highest BCUT2D eigenvalue weighted by Crippen LogP contribution is 2.28. The first kappa shape index (κ1) is 13.8. The zero-order valence-electron chi connectivity index (χ0n) is 9.47. The van der Waals surface area contributed by atoms with Gasteiger partial charge in [0.05, 0.1) is 17.6 Å². The first-order chi connectivity index (χ1) is 8.90. The molecule has 0 spiro atoms.